The Labute approximate surface area is 169 Å². The van der Waals surface area contributed by atoms with Gasteiger partial charge in [-0.15, -0.1) is 0 Å². The van der Waals surface area contributed by atoms with Crippen molar-refractivity contribution in [3.63, 3.8) is 0 Å². The Morgan fingerprint density at radius 1 is 1.00 bits per heavy atom. The molecule has 0 saturated carbocycles. The highest BCUT2D eigenvalue weighted by Crippen LogP contribution is 2.30. The third-order valence-corrected chi connectivity index (χ3v) is 5.61. The Hall–Kier alpha value is -3.05. The smallest absolute Gasteiger partial charge is 0.254 e. The van der Waals surface area contributed by atoms with Crippen molar-refractivity contribution in [2.24, 2.45) is 0 Å². The van der Waals surface area contributed by atoms with Crippen LogP contribution in [0.5, 0.6) is 0 Å². The van der Waals surface area contributed by atoms with Crippen molar-refractivity contribution < 1.29 is 14.3 Å². The molecule has 0 spiro atoms. The number of carbonyl (C=O) groups excluding carboxylic acids is 1. The number of piperidine rings is 1. The second-order valence-electron chi connectivity index (χ2n) is 7.57. The summed E-state index contributed by atoms with van der Waals surface area (Å²) in [5.74, 6) is -0.351. The summed E-state index contributed by atoms with van der Waals surface area (Å²) in [6.45, 7) is 0.878. The van der Waals surface area contributed by atoms with Crippen molar-refractivity contribution >= 4 is 5.91 Å². The van der Waals surface area contributed by atoms with Crippen LogP contribution in [0.1, 0.15) is 28.8 Å². The van der Waals surface area contributed by atoms with E-state index in [1.54, 1.807) is 35.5 Å². The van der Waals surface area contributed by atoms with Gasteiger partial charge in [-0.3, -0.25) is 9.78 Å². The summed E-state index contributed by atoms with van der Waals surface area (Å²) in [5, 5.41) is 10.9. The monoisotopic (exact) mass is 390 g/mol. The number of benzene rings is 2. The van der Waals surface area contributed by atoms with E-state index in [2.05, 4.69) is 4.98 Å². The fourth-order valence-electron chi connectivity index (χ4n) is 3.92. The molecule has 0 aliphatic carbocycles. The van der Waals surface area contributed by atoms with Gasteiger partial charge in [-0.1, -0.05) is 36.4 Å². The lowest BCUT2D eigenvalue weighted by molar-refractivity contribution is -0.0167. The van der Waals surface area contributed by atoms with E-state index >= 15 is 0 Å². The van der Waals surface area contributed by atoms with Gasteiger partial charge in [0.2, 0.25) is 0 Å². The first-order valence-electron chi connectivity index (χ1n) is 9.80. The minimum atomic E-state index is -0.996. The molecule has 0 radical (unpaired) electrons. The van der Waals surface area contributed by atoms with Crippen LogP contribution in [-0.2, 0) is 6.42 Å². The lowest BCUT2D eigenvalue weighted by Gasteiger charge is -2.38. The zero-order chi connectivity index (χ0) is 20.3. The lowest BCUT2D eigenvalue weighted by atomic mass is 9.85. The Morgan fingerprint density at radius 3 is 2.38 bits per heavy atom. The number of aliphatic hydroxyl groups is 1. The largest absolute Gasteiger partial charge is 0.389 e. The summed E-state index contributed by atoms with van der Waals surface area (Å²) >= 11 is 0. The Morgan fingerprint density at radius 2 is 1.66 bits per heavy atom. The van der Waals surface area contributed by atoms with Gasteiger partial charge in [0.15, 0.2) is 0 Å². The summed E-state index contributed by atoms with van der Waals surface area (Å²) in [4.78, 5) is 19.0. The molecule has 1 amide bonds. The summed E-state index contributed by atoms with van der Waals surface area (Å²) in [6.07, 6.45) is 4.52. The summed E-state index contributed by atoms with van der Waals surface area (Å²) in [5.41, 5.74) is 1.96. The van der Waals surface area contributed by atoms with Gasteiger partial charge in [0.05, 0.1) is 5.60 Å². The highest BCUT2D eigenvalue weighted by Gasteiger charge is 2.35. The standard InChI is InChI=1S/C24H23FN2O2/c25-22-8-4-1-5-19(22)17-24(29)11-15-27(16-12-24)23(28)21-7-3-2-6-20(21)18-9-13-26-14-10-18/h1-10,13-14,29H,11-12,15-17H2. The first-order chi connectivity index (χ1) is 14.1. The van der Waals surface area contributed by atoms with Crippen molar-refractivity contribution in [3.05, 3.63) is 90.0 Å². The molecule has 4 nitrogen and oxygen atoms in total. The van der Waals surface area contributed by atoms with E-state index in [0.717, 1.165) is 11.1 Å². The Bertz CT molecular complexity index is 999. The molecule has 3 aromatic rings. The quantitative estimate of drug-likeness (QED) is 0.730. The number of amides is 1. The van der Waals surface area contributed by atoms with E-state index in [0.29, 0.717) is 37.1 Å². The summed E-state index contributed by atoms with van der Waals surface area (Å²) < 4.78 is 14.0. The fraction of sp³-hybridized carbons (Fsp3) is 0.250. The van der Waals surface area contributed by atoms with E-state index in [1.807, 2.05) is 36.4 Å². The number of halogens is 1. The minimum Gasteiger partial charge on any atom is -0.389 e. The highest BCUT2D eigenvalue weighted by atomic mass is 19.1. The van der Waals surface area contributed by atoms with Gasteiger partial charge >= 0.3 is 0 Å². The highest BCUT2D eigenvalue weighted by molar-refractivity contribution is 6.00. The molecule has 2 heterocycles. The number of pyridine rings is 1. The second-order valence-corrected chi connectivity index (χ2v) is 7.57. The minimum absolute atomic E-state index is 0.0506. The number of hydrogen-bond donors (Lipinski definition) is 1. The van der Waals surface area contributed by atoms with Crippen LogP contribution < -0.4 is 0 Å². The van der Waals surface area contributed by atoms with E-state index < -0.39 is 5.60 Å². The zero-order valence-corrected chi connectivity index (χ0v) is 16.1. The topological polar surface area (TPSA) is 53.4 Å². The molecule has 1 saturated heterocycles. The maximum Gasteiger partial charge on any atom is 0.254 e. The molecule has 1 fully saturated rings. The molecule has 1 aliphatic heterocycles. The third kappa shape index (κ3) is 4.20. The summed E-state index contributed by atoms with van der Waals surface area (Å²) in [6, 6.07) is 17.8. The van der Waals surface area contributed by atoms with E-state index in [9.17, 15) is 14.3 Å². The van der Waals surface area contributed by atoms with Gasteiger partial charge < -0.3 is 10.0 Å². The second kappa shape index (κ2) is 8.13. The number of aromatic nitrogens is 1. The molecule has 0 bridgehead atoms. The van der Waals surface area contributed by atoms with Gasteiger partial charge in [0, 0.05) is 37.5 Å². The van der Waals surface area contributed by atoms with Crippen LogP contribution in [-0.4, -0.2) is 39.6 Å². The molecule has 1 aromatic heterocycles. The van der Waals surface area contributed by atoms with Gasteiger partial charge in [0.1, 0.15) is 5.82 Å². The first kappa shape index (κ1) is 19.3. The summed E-state index contributed by atoms with van der Waals surface area (Å²) in [7, 11) is 0. The fourth-order valence-corrected chi connectivity index (χ4v) is 3.92. The van der Waals surface area contributed by atoms with Crippen LogP contribution in [0.25, 0.3) is 11.1 Å². The zero-order valence-electron chi connectivity index (χ0n) is 16.1. The average Bonchev–Trinajstić information content (AvgIpc) is 2.76. The molecule has 1 aliphatic rings. The predicted octanol–water partition coefficient (Wildman–Crippen LogP) is 4.10. The Kier molecular flexibility index (Phi) is 5.41. The molecule has 0 unspecified atom stereocenters. The maximum atomic E-state index is 14.0. The van der Waals surface area contributed by atoms with E-state index in [1.165, 1.54) is 6.07 Å². The molecule has 4 rings (SSSR count). The third-order valence-electron chi connectivity index (χ3n) is 5.61. The van der Waals surface area contributed by atoms with Crippen LogP contribution in [0.2, 0.25) is 0 Å². The average molecular weight is 390 g/mol. The number of rotatable bonds is 4. The number of likely N-dealkylation sites (tertiary alicyclic amines) is 1. The van der Waals surface area contributed by atoms with Crippen molar-refractivity contribution in [3.8, 4) is 11.1 Å². The molecule has 2 aromatic carbocycles. The van der Waals surface area contributed by atoms with Gasteiger partial charge in [-0.05, 0) is 53.8 Å². The number of hydrogen-bond acceptors (Lipinski definition) is 3. The van der Waals surface area contributed by atoms with Crippen LogP contribution in [0.4, 0.5) is 4.39 Å². The molecule has 1 N–H and O–H groups in total. The van der Waals surface area contributed by atoms with Crippen molar-refractivity contribution in [1.29, 1.82) is 0 Å². The van der Waals surface area contributed by atoms with E-state index in [4.69, 9.17) is 0 Å². The number of nitrogens with zero attached hydrogens (tertiary/aromatic N) is 2. The SMILES string of the molecule is O=C(c1ccccc1-c1ccncc1)N1CCC(O)(Cc2ccccc2F)CC1. The van der Waals surface area contributed by atoms with Crippen LogP contribution in [0, 0.1) is 5.82 Å². The number of carbonyl (C=O) groups is 1. The molecule has 29 heavy (non-hydrogen) atoms. The van der Waals surface area contributed by atoms with Crippen LogP contribution in [0.15, 0.2) is 73.1 Å². The molecule has 148 valence electrons. The normalized spacial score (nSPS) is 15.9. The lowest BCUT2D eigenvalue weighted by Crippen LogP contribution is -2.48. The first-order valence-corrected chi connectivity index (χ1v) is 9.80. The Balaban J connectivity index is 1.48. The van der Waals surface area contributed by atoms with Crippen LogP contribution in [0.3, 0.4) is 0 Å². The van der Waals surface area contributed by atoms with Gasteiger partial charge in [-0.25, -0.2) is 4.39 Å². The van der Waals surface area contributed by atoms with Crippen molar-refractivity contribution in [2.45, 2.75) is 24.9 Å². The van der Waals surface area contributed by atoms with Crippen molar-refractivity contribution in [1.82, 2.24) is 9.88 Å². The molecular formula is C24H23FN2O2. The van der Waals surface area contributed by atoms with Gasteiger partial charge in [-0.2, -0.15) is 0 Å². The van der Waals surface area contributed by atoms with Gasteiger partial charge in [0.25, 0.3) is 5.91 Å². The van der Waals surface area contributed by atoms with E-state index in [-0.39, 0.29) is 18.1 Å². The van der Waals surface area contributed by atoms with Crippen LogP contribution >= 0.6 is 0 Å². The maximum absolute atomic E-state index is 14.0. The molecule has 0 atom stereocenters. The van der Waals surface area contributed by atoms with Crippen molar-refractivity contribution in [2.75, 3.05) is 13.1 Å². The molecule has 5 heteroatoms. The predicted molar refractivity (Wildman–Crippen MR) is 110 cm³/mol. The molecular weight excluding hydrogens is 367 g/mol.